The van der Waals surface area contributed by atoms with E-state index in [4.69, 9.17) is 4.42 Å². The number of para-hydroxylation sites is 1. The van der Waals surface area contributed by atoms with Crippen LogP contribution in [0.15, 0.2) is 70.1 Å². The summed E-state index contributed by atoms with van der Waals surface area (Å²) >= 11 is 0. The maximum absolute atomic E-state index is 13.2. The van der Waals surface area contributed by atoms with Crippen LogP contribution in [0.4, 0.5) is 5.69 Å². The Hall–Kier alpha value is -3.73. The van der Waals surface area contributed by atoms with Gasteiger partial charge in [0, 0.05) is 40.3 Å². The lowest BCUT2D eigenvalue weighted by Gasteiger charge is -2.19. The predicted octanol–water partition coefficient (Wildman–Crippen LogP) is 5.46. The van der Waals surface area contributed by atoms with Crippen LogP contribution in [0.3, 0.4) is 0 Å². The third kappa shape index (κ3) is 3.50. The summed E-state index contributed by atoms with van der Waals surface area (Å²) in [5.74, 6) is 0.520. The fraction of sp³-hybridized carbons (Fsp3) is 0.160. The Bertz CT molecular complexity index is 1290. The molecule has 4 rings (SSSR count). The molecular weight excluding hydrogens is 376 g/mol. The number of anilines is 1. The molecule has 0 aliphatic carbocycles. The molecule has 0 bridgehead atoms. The van der Waals surface area contributed by atoms with Gasteiger partial charge in [0.1, 0.15) is 11.3 Å². The lowest BCUT2D eigenvalue weighted by Crippen LogP contribution is -2.13. The van der Waals surface area contributed by atoms with Crippen molar-refractivity contribution in [2.75, 3.05) is 5.32 Å². The molecule has 150 valence electrons. The molecule has 30 heavy (non-hydrogen) atoms. The number of benzene rings is 2. The number of hydrogen-bond donors (Lipinski definition) is 1. The average molecular weight is 398 g/mol. The molecule has 0 unspecified atom stereocenters. The van der Waals surface area contributed by atoms with Crippen molar-refractivity contribution in [1.82, 2.24) is 4.98 Å². The van der Waals surface area contributed by atoms with Gasteiger partial charge in [-0.1, -0.05) is 18.2 Å². The first-order valence-electron chi connectivity index (χ1n) is 9.78. The van der Waals surface area contributed by atoms with Gasteiger partial charge >= 0.3 is 0 Å². The van der Waals surface area contributed by atoms with Crippen LogP contribution in [-0.4, -0.2) is 11.3 Å². The first-order valence-corrected chi connectivity index (χ1v) is 9.78. The highest BCUT2D eigenvalue weighted by Crippen LogP contribution is 2.32. The lowest BCUT2D eigenvalue weighted by atomic mass is 9.99. The van der Waals surface area contributed by atoms with Crippen LogP contribution in [-0.2, 0) is 0 Å². The molecule has 0 saturated heterocycles. The standard InChI is InChI=1S/C25H22N2O3/c1-15-11-20(17(3)27-22-9-5-4-7-19(22)14-28)25-21(12-15)23(29)16(2)24(30-25)18-8-6-10-26-13-18/h4-14,17,27H,1-3H3/t17-/m1/s1. The predicted molar refractivity (Wildman–Crippen MR) is 119 cm³/mol. The van der Waals surface area contributed by atoms with Gasteiger partial charge in [0.05, 0.1) is 11.4 Å². The summed E-state index contributed by atoms with van der Waals surface area (Å²) < 4.78 is 6.31. The Morgan fingerprint density at radius 2 is 1.90 bits per heavy atom. The van der Waals surface area contributed by atoms with Crippen LogP contribution in [0.1, 0.15) is 40.0 Å². The van der Waals surface area contributed by atoms with Crippen LogP contribution in [0.2, 0.25) is 0 Å². The molecule has 0 aliphatic heterocycles. The molecule has 2 aromatic carbocycles. The van der Waals surface area contributed by atoms with E-state index < -0.39 is 0 Å². The first kappa shape index (κ1) is 19.6. The summed E-state index contributed by atoms with van der Waals surface area (Å²) in [6, 6.07) is 14.7. The van der Waals surface area contributed by atoms with Crippen molar-refractivity contribution in [2.24, 2.45) is 0 Å². The van der Waals surface area contributed by atoms with E-state index in [1.165, 1.54) is 0 Å². The van der Waals surface area contributed by atoms with Crippen LogP contribution in [0, 0.1) is 13.8 Å². The molecule has 0 fully saturated rings. The fourth-order valence-corrected chi connectivity index (χ4v) is 3.70. The van der Waals surface area contributed by atoms with Crippen molar-refractivity contribution in [2.45, 2.75) is 26.8 Å². The molecular formula is C25H22N2O3. The fourth-order valence-electron chi connectivity index (χ4n) is 3.70. The molecule has 5 heteroatoms. The van der Waals surface area contributed by atoms with E-state index in [9.17, 15) is 9.59 Å². The minimum Gasteiger partial charge on any atom is -0.455 e. The Morgan fingerprint density at radius 3 is 2.63 bits per heavy atom. The number of fused-ring (bicyclic) bond motifs is 1. The number of aryl methyl sites for hydroxylation is 1. The van der Waals surface area contributed by atoms with Crippen LogP contribution >= 0.6 is 0 Å². The number of rotatable bonds is 5. The Balaban J connectivity index is 1.90. The van der Waals surface area contributed by atoms with Crippen molar-refractivity contribution in [3.8, 4) is 11.3 Å². The lowest BCUT2D eigenvalue weighted by molar-refractivity contribution is 0.112. The van der Waals surface area contributed by atoms with Crippen LogP contribution < -0.4 is 10.7 Å². The summed E-state index contributed by atoms with van der Waals surface area (Å²) in [6.45, 7) is 5.72. The molecule has 0 saturated carbocycles. The monoisotopic (exact) mass is 398 g/mol. The largest absolute Gasteiger partial charge is 0.455 e. The van der Waals surface area contributed by atoms with Gasteiger partial charge in [0.25, 0.3) is 0 Å². The van der Waals surface area contributed by atoms with Crippen LogP contribution in [0.25, 0.3) is 22.3 Å². The molecule has 4 aromatic rings. The molecule has 1 atom stereocenters. The summed E-state index contributed by atoms with van der Waals surface area (Å²) in [5, 5.41) is 3.93. The highest BCUT2D eigenvalue weighted by atomic mass is 16.3. The van der Waals surface area contributed by atoms with E-state index in [1.807, 2.05) is 56.3 Å². The third-order valence-electron chi connectivity index (χ3n) is 5.24. The Labute approximate surface area is 174 Å². The molecule has 0 spiro atoms. The van der Waals surface area contributed by atoms with E-state index in [0.717, 1.165) is 28.7 Å². The van der Waals surface area contributed by atoms with Gasteiger partial charge in [-0.05, 0) is 56.7 Å². The Morgan fingerprint density at radius 1 is 1.10 bits per heavy atom. The van der Waals surface area contributed by atoms with Crippen molar-refractivity contribution in [1.29, 1.82) is 0 Å². The minimum atomic E-state index is -0.193. The van der Waals surface area contributed by atoms with Gasteiger partial charge in [-0.3, -0.25) is 14.6 Å². The van der Waals surface area contributed by atoms with Gasteiger partial charge in [0.2, 0.25) is 0 Å². The molecule has 0 aliphatic rings. The summed E-state index contributed by atoms with van der Waals surface area (Å²) in [6.07, 6.45) is 4.20. The third-order valence-corrected chi connectivity index (χ3v) is 5.24. The molecule has 0 radical (unpaired) electrons. The molecule has 1 N–H and O–H groups in total. The molecule has 2 heterocycles. The van der Waals surface area contributed by atoms with Crippen molar-refractivity contribution in [3.63, 3.8) is 0 Å². The van der Waals surface area contributed by atoms with E-state index in [0.29, 0.717) is 27.9 Å². The SMILES string of the molecule is Cc1cc([C@@H](C)Nc2ccccc2C=O)c2oc(-c3cccnc3)c(C)c(=O)c2c1. The number of nitrogens with one attached hydrogen (secondary N) is 1. The smallest absolute Gasteiger partial charge is 0.196 e. The quantitative estimate of drug-likeness (QED) is 0.452. The first-order chi connectivity index (χ1) is 14.5. The average Bonchev–Trinajstić information content (AvgIpc) is 2.77. The van der Waals surface area contributed by atoms with E-state index in [-0.39, 0.29) is 11.5 Å². The normalized spacial score (nSPS) is 12.0. The highest BCUT2D eigenvalue weighted by Gasteiger charge is 2.19. The van der Waals surface area contributed by atoms with E-state index >= 15 is 0 Å². The van der Waals surface area contributed by atoms with Crippen molar-refractivity contribution < 1.29 is 9.21 Å². The van der Waals surface area contributed by atoms with Crippen molar-refractivity contribution in [3.05, 3.63) is 93.4 Å². The number of hydrogen-bond acceptors (Lipinski definition) is 5. The molecule has 5 nitrogen and oxygen atoms in total. The maximum Gasteiger partial charge on any atom is 0.196 e. The number of carbonyl (C=O) groups is 1. The summed E-state index contributed by atoms with van der Waals surface area (Å²) in [5.41, 5.74) is 4.93. The summed E-state index contributed by atoms with van der Waals surface area (Å²) in [7, 11) is 0. The number of pyridine rings is 1. The van der Waals surface area contributed by atoms with Crippen LogP contribution in [0.5, 0.6) is 0 Å². The number of carbonyl (C=O) groups excluding carboxylic acids is 1. The maximum atomic E-state index is 13.2. The zero-order valence-electron chi connectivity index (χ0n) is 17.1. The number of aldehydes is 1. The topological polar surface area (TPSA) is 72.2 Å². The van der Waals surface area contributed by atoms with E-state index in [2.05, 4.69) is 10.3 Å². The van der Waals surface area contributed by atoms with Gasteiger partial charge < -0.3 is 9.73 Å². The Kier molecular flexibility index (Phi) is 5.19. The van der Waals surface area contributed by atoms with Gasteiger partial charge in [-0.25, -0.2) is 0 Å². The molecule has 2 aromatic heterocycles. The minimum absolute atomic E-state index is 0.0551. The van der Waals surface area contributed by atoms with Gasteiger partial charge in [0.15, 0.2) is 11.7 Å². The second-order valence-electron chi connectivity index (χ2n) is 7.43. The summed E-state index contributed by atoms with van der Waals surface area (Å²) in [4.78, 5) is 28.7. The van der Waals surface area contributed by atoms with Gasteiger partial charge in [-0.15, -0.1) is 0 Å². The molecule has 0 amide bonds. The second-order valence-corrected chi connectivity index (χ2v) is 7.43. The number of nitrogens with zero attached hydrogens (tertiary/aromatic N) is 1. The van der Waals surface area contributed by atoms with E-state index in [1.54, 1.807) is 25.4 Å². The van der Waals surface area contributed by atoms with Crippen molar-refractivity contribution >= 4 is 22.9 Å². The highest BCUT2D eigenvalue weighted by molar-refractivity contribution is 5.86. The zero-order chi connectivity index (χ0) is 21.3. The second kappa shape index (κ2) is 7.95. The number of aromatic nitrogens is 1. The van der Waals surface area contributed by atoms with Gasteiger partial charge in [-0.2, -0.15) is 0 Å². The zero-order valence-corrected chi connectivity index (χ0v) is 17.1.